The van der Waals surface area contributed by atoms with Crippen molar-refractivity contribution in [2.45, 2.75) is 27.7 Å². The summed E-state index contributed by atoms with van der Waals surface area (Å²) in [4.78, 5) is 31.3. The van der Waals surface area contributed by atoms with Crippen molar-refractivity contribution in [1.29, 1.82) is 0 Å². The van der Waals surface area contributed by atoms with Crippen LogP contribution in [0, 0.1) is 19.7 Å². The van der Waals surface area contributed by atoms with Gasteiger partial charge in [0.2, 0.25) is 0 Å². The van der Waals surface area contributed by atoms with Gasteiger partial charge in [-0.2, -0.15) is 0 Å². The molecule has 2 aromatic carbocycles. The Morgan fingerprint density at radius 2 is 1.88 bits per heavy atom. The van der Waals surface area contributed by atoms with Gasteiger partial charge in [-0.05, 0) is 67.9 Å². The number of nitrogens with zero attached hydrogens (tertiary/aromatic N) is 1. The summed E-state index contributed by atoms with van der Waals surface area (Å²) < 4.78 is 13.7. The topological polar surface area (TPSA) is 65.2 Å². The Hall–Kier alpha value is -3.22. The number of Topliss-reactive ketones (excluding diaryl/α,β-unsaturated/α-hetero) is 1. The van der Waals surface area contributed by atoms with Crippen molar-refractivity contribution in [1.82, 2.24) is 9.88 Å². The Morgan fingerprint density at radius 3 is 2.56 bits per heavy atom. The van der Waals surface area contributed by atoms with Crippen LogP contribution in [0.5, 0.6) is 0 Å². The molecule has 4 rings (SSSR count). The molecular weight excluding hydrogens is 453 g/mol. The maximum absolute atomic E-state index is 13.7. The normalized spacial score (nSPS) is 14.1. The third-order valence-corrected chi connectivity index (χ3v) is 6.65. The van der Waals surface area contributed by atoms with Gasteiger partial charge in [-0.15, -0.1) is 0 Å². The fourth-order valence-electron chi connectivity index (χ4n) is 4.50. The van der Waals surface area contributed by atoms with E-state index in [2.05, 4.69) is 15.2 Å². The summed E-state index contributed by atoms with van der Waals surface area (Å²) in [5, 5.41) is 2.93. The van der Waals surface area contributed by atoms with Gasteiger partial charge in [0.05, 0.1) is 17.1 Å². The van der Waals surface area contributed by atoms with E-state index in [1.807, 2.05) is 45.9 Å². The van der Waals surface area contributed by atoms with Crippen LogP contribution in [0.2, 0.25) is 5.02 Å². The standard InChI is InChI=1S/C27H27ClFN3O2/c1-5-32(6-2)14-24(33)25-15(3)23(30-16(25)4)13-19-26-18(8-7-9-22(26)31-27(19)34)17-10-11-21(29)20(28)12-17/h7-13,30H,5-6,14H2,1-4H3,(H,31,34)/b19-13-. The molecule has 1 aromatic heterocycles. The summed E-state index contributed by atoms with van der Waals surface area (Å²) in [6.07, 6.45) is 1.78. The van der Waals surface area contributed by atoms with Crippen molar-refractivity contribution in [3.05, 3.63) is 75.3 Å². The Kier molecular flexibility index (Phi) is 6.73. The lowest BCUT2D eigenvalue weighted by Crippen LogP contribution is -2.29. The number of fused-ring (bicyclic) bond motifs is 1. The van der Waals surface area contributed by atoms with Crippen LogP contribution >= 0.6 is 11.6 Å². The average molecular weight is 480 g/mol. The van der Waals surface area contributed by atoms with Gasteiger partial charge < -0.3 is 10.3 Å². The van der Waals surface area contributed by atoms with Gasteiger partial charge in [0.25, 0.3) is 5.91 Å². The van der Waals surface area contributed by atoms with E-state index in [0.717, 1.165) is 35.5 Å². The van der Waals surface area contributed by atoms with Crippen molar-refractivity contribution in [2.24, 2.45) is 0 Å². The lowest BCUT2D eigenvalue weighted by Gasteiger charge is -2.17. The number of halogens is 2. The Balaban J connectivity index is 1.79. The van der Waals surface area contributed by atoms with Crippen LogP contribution < -0.4 is 5.32 Å². The van der Waals surface area contributed by atoms with Crippen molar-refractivity contribution in [3.8, 4) is 11.1 Å². The highest BCUT2D eigenvalue weighted by Gasteiger charge is 2.28. The van der Waals surface area contributed by atoms with E-state index in [1.54, 1.807) is 18.2 Å². The monoisotopic (exact) mass is 479 g/mol. The highest BCUT2D eigenvalue weighted by atomic mass is 35.5. The second-order valence-electron chi connectivity index (χ2n) is 8.42. The number of rotatable bonds is 7. The van der Waals surface area contributed by atoms with Crippen LogP contribution in [-0.4, -0.2) is 41.2 Å². The van der Waals surface area contributed by atoms with Crippen molar-refractivity contribution < 1.29 is 14.0 Å². The lowest BCUT2D eigenvalue weighted by atomic mass is 9.94. The van der Waals surface area contributed by atoms with E-state index < -0.39 is 5.82 Å². The number of hydrogen-bond acceptors (Lipinski definition) is 3. The fraction of sp³-hybridized carbons (Fsp3) is 0.259. The van der Waals surface area contributed by atoms with Gasteiger partial charge >= 0.3 is 0 Å². The number of ketones is 1. The SMILES string of the molecule is CCN(CC)CC(=O)c1c(C)[nH]c(/C=C2\C(=O)Nc3cccc(-c4ccc(F)c(Cl)c4)c32)c1C. The lowest BCUT2D eigenvalue weighted by molar-refractivity contribution is -0.110. The molecule has 0 fully saturated rings. The molecule has 2 heterocycles. The molecule has 0 saturated carbocycles. The molecule has 0 spiro atoms. The van der Waals surface area contributed by atoms with Crippen LogP contribution in [0.3, 0.4) is 0 Å². The minimum atomic E-state index is -0.498. The van der Waals surface area contributed by atoms with Crippen molar-refractivity contribution in [2.75, 3.05) is 25.0 Å². The number of nitrogens with one attached hydrogen (secondary N) is 2. The number of benzene rings is 2. The number of hydrogen-bond donors (Lipinski definition) is 2. The zero-order valence-electron chi connectivity index (χ0n) is 19.7. The number of carbonyl (C=O) groups is 2. The molecule has 1 aliphatic rings. The molecular formula is C27H27ClFN3O2. The predicted octanol–water partition coefficient (Wildman–Crippen LogP) is 6.11. The molecule has 2 N–H and O–H groups in total. The van der Waals surface area contributed by atoms with Gasteiger partial charge in [-0.3, -0.25) is 14.5 Å². The molecule has 0 unspecified atom stereocenters. The summed E-state index contributed by atoms with van der Waals surface area (Å²) in [5.41, 5.74) is 6.30. The molecule has 0 atom stereocenters. The number of amides is 1. The van der Waals surface area contributed by atoms with E-state index in [1.165, 1.54) is 6.07 Å². The van der Waals surface area contributed by atoms with E-state index in [-0.39, 0.29) is 16.7 Å². The number of likely N-dealkylation sites (N-methyl/N-ethyl adjacent to an activating group) is 1. The first-order valence-electron chi connectivity index (χ1n) is 11.3. The third kappa shape index (κ3) is 4.31. The number of anilines is 1. The molecule has 3 aromatic rings. The smallest absolute Gasteiger partial charge is 0.256 e. The minimum absolute atomic E-state index is 0.0186. The van der Waals surface area contributed by atoms with E-state index >= 15 is 0 Å². The molecule has 0 aliphatic carbocycles. The Labute approximate surface area is 203 Å². The summed E-state index contributed by atoms with van der Waals surface area (Å²) in [5.74, 6) is -0.682. The van der Waals surface area contributed by atoms with Gasteiger partial charge in [0.1, 0.15) is 5.82 Å². The molecule has 1 aliphatic heterocycles. The summed E-state index contributed by atoms with van der Waals surface area (Å²) in [6, 6.07) is 10.1. The largest absolute Gasteiger partial charge is 0.358 e. The molecule has 5 nitrogen and oxygen atoms in total. The summed E-state index contributed by atoms with van der Waals surface area (Å²) in [7, 11) is 0. The van der Waals surface area contributed by atoms with Crippen LogP contribution in [0.15, 0.2) is 36.4 Å². The fourth-order valence-corrected chi connectivity index (χ4v) is 4.68. The minimum Gasteiger partial charge on any atom is -0.358 e. The molecule has 0 radical (unpaired) electrons. The van der Waals surface area contributed by atoms with E-state index in [0.29, 0.717) is 34.6 Å². The maximum Gasteiger partial charge on any atom is 0.256 e. The maximum atomic E-state index is 13.7. The van der Waals surface area contributed by atoms with E-state index in [4.69, 9.17) is 11.6 Å². The number of carbonyl (C=O) groups excluding carboxylic acids is 2. The van der Waals surface area contributed by atoms with Gasteiger partial charge in [-0.25, -0.2) is 4.39 Å². The van der Waals surface area contributed by atoms with E-state index in [9.17, 15) is 14.0 Å². The highest BCUT2D eigenvalue weighted by Crippen LogP contribution is 2.41. The molecule has 1 amide bonds. The zero-order chi connectivity index (χ0) is 24.6. The second-order valence-corrected chi connectivity index (χ2v) is 8.82. The van der Waals surface area contributed by atoms with Gasteiger partial charge in [0, 0.05) is 28.2 Å². The molecule has 0 saturated heterocycles. The summed E-state index contributed by atoms with van der Waals surface area (Å²) in [6.45, 7) is 9.78. The molecule has 34 heavy (non-hydrogen) atoms. The first-order chi connectivity index (χ1) is 16.2. The number of H-pyrrole nitrogens is 1. The van der Waals surface area contributed by atoms with Crippen molar-refractivity contribution in [3.63, 3.8) is 0 Å². The quantitative estimate of drug-likeness (QED) is 0.317. The van der Waals surface area contributed by atoms with Crippen LogP contribution in [0.1, 0.15) is 46.7 Å². The average Bonchev–Trinajstić information content (AvgIpc) is 3.28. The zero-order valence-corrected chi connectivity index (χ0v) is 20.4. The second kappa shape index (κ2) is 9.57. The number of aromatic nitrogens is 1. The number of aromatic amines is 1. The molecule has 176 valence electrons. The van der Waals surface area contributed by atoms with Gasteiger partial charge in [0.15, 0.2) is 5.78 Å². The third-order valence-electron chi connectivity index (χ3n) is 6.36. The number of aryl methyl sites for hydroxylation is 1. The van der Waals surface area contributed by atoms with Crippen LogP contribution in [-0.2, 0) is 4.79 Å². The molecule has 7 heteroatoms. The highest BCUT2D eigenvalue weighted by molar-refractivity contribution is 6.36. The summed E-state index contributed by atoms with van der Waals surface area (Å²) >= 11 is 6.02. The van der Waals surface area contributed by atoms with Crippen molar-refractivity contribution >= 4 is 40.6 Å². The Bertz CT molecular complexity index is 1320. The first kappa shape index (κ1) is 23.9. The van der Waals surface area contributed by atoms with Crippen LogP contribution in [0.4, 0.5) is 10.1 Å². The molecule has 0 bridgehead atoms. The van der Waals surface area contributed by atoms with Gasteiger partial charge in [-0.1, -0.05) is 43.6 Å². The van der Waals surface area contributed by atoms with Crippen LogP contribution in [0.25, 0.3) is 22.8 Å². The predicted molar refractivity (Wildman–Crippen MR) is 136 cm³/mol. The Morgan fingerprint density at radius 1 is 1.15 bits per heavy atom. The first-order valence-corrected chi connectivity index (χ1v) is 11.7.